The van der Waals surface area contributed by atoms with Crippen molar-refractivity contribution in [3.63, 3.8) is 0 Å². The number of nitrogens with one attached hydrogen (secondary N) is 1. The van der Waals surface area contributed by atoms with Gasteiger partial charge in [0, 0.05) is 12.8 Å². The van der Waals surface area contributed by atoms with Crippen LogP contribution in [0.3, 0.4) is 0 Å². The van der Waals surface area contributed by atoms with E-state index in [9.17, 15) is 35.1 Å². The van der Waals surface area contributed by atoms with E-state index < -0.39 is 49.5 Å². The van der Waals surface area contributed by atoms with Gasteiger partial charge in [-0.05, 0) is 89.9 Å². The summed E-state index contributed by atoms with van der Waals surface area (Å²) >= 11 is 0. The second-order valence-corrected chi connectivity index (χ2v) is 24.2. The third-order valence-corrected chi connectivity index (χ3v) is 16.4. The molecular weight excluding hydrogens is 1030 g/mol. The molecule has 82 heavy (non-hydrogen) atoms. The van der Waals surface area contributed by atoms with Gasteiger partial charge in [-0.2, -0.15) is 0 Å². The van der Waals surface area contributed by atoms with Crippen molar-refractivity contribution >= 4 is 11.9 Å². The van der Waals surface area contributed by atoms with Crippen LogP contribution in [-0.4, -0.2) is 100 Å². The largest absolute Gasteiger partial charge is 0.466 e. The third-order valence-electron chi connectivity index (χ3n) is 16.4. The Balaban J connectivity index is 1.94. The number of esters is 1. The predicted molar refractivity (Wildman–Crippen MR) is 343 cm³/mol. The number of aliphatic hydroxyl groups is 5. The molecule has 1 saturated heterocycles. The summed E-state index contributed by atoms with van der Waals surface area (Å²) in [4.78, 5) is 25.1. The van der Waals surface area contributed by atoms with E-state index >= 15 is 0 Å². The second kappa shape index (κ2) is 60.3. The molecule has 7 unspecified atom stereocenters. The van der Waals surface area contributed by atoms with E-state index in [0.717, 1.165) is 64.2 Å². The lowest BCUT2D eigenvalue weighted by Gasteiger charge is -2.40. The summed E-state index contributed by atoms with van der Waals surface area (Å²) in [7, 11) is 0. The molecule has 6 N–H and O–H groups in total. The number of carbonyl (C=O) groups is 2. The van der Waals surface area contributed by atoms with Crippen molar-refractivity contribution in [2.75, 3.05) is 19.8 Å². The molecule has 1 aliphatic rings. The van der Waals surface area contributed by atoms with Crippen molar-refractivity contribution in [2.45, 2.75) is 371 Å². The molecule has 0 bridgehead atoms. The van der Waals surface area contributed by atoms with Gasteiger partial charge in [0.15, 0.2) is 6.29 Å². The molecule has 0 spiro atoms. The van der Waals surface area contributed by atoms with Crippen LogP contribution < -0.4 is 5.32 Å². The van der Waals surface area contributed by atoms with Crippen LogP contribution in [0.1, 0.15) is 328 Å². The highest BCUT2D eigenvalue weighted by atomic mass is 16.7. The minimum absolute atomic E-state index is 0.00187. The Morgan fingerprint density at radius 2 is 0.817 bits per heavy atom. The van der Waals surface area contributed by atoms with Crippen LogP contribution in [0.25, 0.3) is 0 Å². The fourth-order valence-electron chi connectivity index (χ4n) is 10.9. The van der Waals surface area contributed by atoms with E-state index in [1.807, 2.05) is 6.08 Å². The molecule has 0 aliphatic carbocycles. The third kappa shape index (κ3) is 48.8. The summed E-state index contributed by atoms with van der Waals surface area (Å²) in [6.07, 6.45) is 68.2. The summed E-state index contributed by atoms with van der Waals surface area (Å²) in [5, 5.41) is 54.3. The summed E-state index contributed by atoms with van der Waals surface area (Å²) < 4.78 is 16.7. The molecule has 1 rings (SSSR count). The van der Waals surface area contributed by atoms with Gasteiger partial charge in [0.25, 0.3) is 0 Å². The van der Waals surface area contributed by atoms with Crippen molar-refractivity contribution < 1.29 is 49.3 Å². The lowest BCUT2D eigenvalue weighted by molar-refractivity contribution is -0.302. The quantitative estimate of drug-likeness (QED) is 0.0195. The molecule has 0 aromatic rings. The zero-order valence-corrected chi connectivity index (χ0v) is 53.2. The number of rotatable bonds is 61. The van der Waals surface area contributed by atoms with Gasteiger partial charge in [0.1, 0.15) is 24.4 Å². The topological polar surface area (TPSA) is 175 Å². The lowest BCUT2D eigenvalue weighted by Crippen LogP contribution is -2.60. The standard InChI is InChI=1S/C71H131NO10/c1-3-5-7-9-11-13-14-15-16-17-30-33-36-39-43-47-51-55-59-67(76)80-60-56-52-48-44-40-37-34-31-28-26-24-22-20-18-19-21-23-25-27-29-32-35-38-42-46-50-54-58-66(75)72-63(64(74)57-53-49-45-41-12-10-8-6-4-2)62-81-71-70(79)69(78)68(77)65(61-73)82-71/h16-19,22,24,53,57,63-65,68-71,73-74,77-79H,3-15,20-21,23,25-52,54-56,58-62H2,1-2H3,(H,72,75)/b17-16-,19-18-,24-22-,57-53+. The SMILES string of the molecule is CCCCCCCCC/C=C\CCCCCCCCCC(=O)OCCCCCCCCCCC/C=C\C/C=C\CCCCCCCCCCCCCC(=O)NC(COC1OC(CO)C(O)C(O)C1O)C(O)/C=C/CCCCCCCCC. The highest BCUT2D eigenvalue weighted by molar-refractivity contribution is 5.76. The van der Waals surface area contributed by atoms with Crippen molar-refractivity contribution in [1.29, 1.82) is 0 Å². The van der Waals surface area contributed by atoms with Crippen LogP contribution >= 0.6 is 0 Å². The molecule has 0 radical (unpaired) electrons. The van der Waals surface area contributed by atoms with Crippen LogP contribution in [0.4, 0.5) is 0 Å². The van der Waals surface area contributed by atoms with E-state index in [4.69, 9.17) is 14.2 Å². The Morgan fingerprint density at radius 1 is 0.451 bits per heavy atom. The fraction of sp³-hybridized carbons (Fsp3) is 0.859. The van der Waals surface area contributed by atoms with E-state index in [2.05, 4.69) is 55.6 Å². The Hall–Kier alpha value is -2.38. The van der Waals surface area contributed by atoms with Crippen molar-refractivity contribution in [1.82, 2.24) is 5.32 Å². The first-order chi connectivity index (χ1) is 40.2. The molecule has 1 fully saturated rings. The van der Waals surface area contributed by atoms with Gasteiger partial charge < -0.3 is 45.1 Å². The molecule has 1 amide bonds. The number of carbonyl (C=O) groups excluding carboxylic acids is 2. The minimum atomic E-state index is -1.57. The Labute approximate surface area is 504 Å². The number of unbranched alkanes of at least 4 members (excludes halogenated alkanes) is 41. The van der Waals surface area contributed by atoms with E-state index in [1.165, 1.54) is 238 Å². The number of allylic oxidation sites excluding steroid dienone is 7. The average molecular weight is 1160 g/mol. The van der Waals surface area contributed by atoms with Crippen LogP contribution in [0.15, 0.2) is 48.6 Å². The molecular formula is C71H131NO10. The maximum Gasteiger partial charge on any atom is 0.305 e. The predicted octanol–water partition coefficient (Wildman–Crippen LogP) is 17.6. The van der Waals surface area contributed by atoms with Crippen LogP contribution in [0.2, 0.25) is 0 Å². The fourth-order valence-corrected chi connectivity index (χ4v) is 10.9. The Bertz CT molecular complexity index is 1500. The molecule has 1 aliphatic heterocycles. The molecule has 0 aromatic carbocycles. The lowest BCUT2D eigenvalue weighted by atomic mass is 9.99. The minimum Gasteiger partial charge on any atom is -0.466 e. The average Bonchev–Trinajstić information content (AvgIpc) is 3.63. The first-order valence-corrected chi connectivity index (χ1v) is 34.9. The molecule has 0 saturated carbocycles. The molecule has 1 heterocycles. The van der Waals surface area contributed by atoms with Gasteiger partial charge in [-0.1, -0.05) is 274 Å². The van der Waals surface area contributed by atoms with Gasteiger partial charge in [0.2, 0.25) is 5.91 Å². The summed E-state index contributed by atoms with van der Waals surface area (Å²) in [6.45, 7) is 4.32. The van der Waals surface area contributed by atoms with E-state index in [0.29, 0.717) is 19.4 Å². The smallest absolute Gasteiger partial charge is 0.305 e. The van der Waals surface area contributed by atoms with Crippen LogP contribution in [-0.2, 0) is 23.8 Å². The number of ether oxygens (including phenoxy) is 3. The van der Waals surface area contributed by atoms with Gasteiger partial charge in [-0.15, -0.1) is 0 Å². The first kappa shape index (κ1) is 77.6. The summed E-state index contributed by atoms with van der Waals surface area (Å²) in [5.74, 6) is -0.189. The van der Waals surface area contributed by atoms with Crippen LogP contribution in [0.5, 0.6) is 0 Å². The number of aliphatic hydroxyl groups excluding tert-OH is 5. The van der Waals surface area contributed by atoms with Gasteiger partial charge in [-0.3, -0.25) is 9.59 Å². The van der Waals surface area contributed by atoms with Crippen molar-refractivity contribution in [2.24, 2.45) is 0 Å². The van der Waals surface area contributed by atoms with E-state index in [1.54, 1.807) is 6.08 Å². The Kier molecular flexibility index (Phi) is 57.1. The highest BCUT2D eigenvalue weighted by Crippen LogP contribution is 2.23. The summed E-state index contributed by atoms with van der Waals surface area (Å²) in [5.41, 5.74) is 0. The van der Waals surface area contributed by atoms with Crippen molar-refractivity contribution in [3.05, 3.63) is 48.6 Å². The highest BCUT2D eigenvalue weighted by Gasteiger charge is 2.44. The van der Waals surface area contributed by atoms with Gasteiger partial charge in [-0.25, -0.2) is 0 Å². The first-order valence-electron chi connectivity index (χ1n) is 34.9. The number of hydrogen-bond donors (Lipinski definition) is 6. The monoisotopic (exact) mass is 1160 g/mol. The van der Waals surface area contributed by atoms with Gasteiger partial charge in [0.05, 0.1) is 32.0 Å². The Morgan fingerprint density at radius 3 is 1.24 bits per heavy atom. The van der Waals surface area contributed by atoms with E-state index in [-0.39, 0.29) is 18.5 Å². The zero-order valence-electron chi connectivity index (χ0n) is 53.2. The maximum atomic E-state index is 13.0. The molecule has 11 nitrogen and oxygen atoms in total. The molecule has 7 atom stereocenters. The summed E-state index contributed by atoms with van der Waals surface area (Å²) in [6, 6.07) is -0.812. The number of amides is 1. The van der Waals surface area contributed by atoms with Gasteiger partial charge >= 0.3 is 5.97 Å². The molecule has 11 heteroatoms. The van der Waals surface area contributed by atoms with Crippen LogP contribution in [0, 0.1) is 0 Å². The second-order valence-electron chi connectivity index (χ2n) is 24.2. The number of hydrogen-bond acceptors (Lipinski definition) is 10. The zero-order chi connectivity index (χ0) is 59.5. The molecule has 480 valence electrons. The molecule has 0 aromatic heterocycles. The van der Waals surface area contributed by atoms with Crippen molar-refractivity contribution in [3.8, 4) is 0 Å². The maximum absolute atomic E-state index is 13.0. The normalized spacial score (nSPS) is 18.5.